The number of ketones is 1. The van der Waals surface area contributed by atoms with Crippen molar-refractivity contribution in [3.8, 4) is 5.75 Å². The average molecular weight is 295 g/mol. The Morgan fingerprint density at radius 2 is 2.36 bits per heavy atom. The maximum absolute atomic E-state index is 12.6. The van der Waals surface area contributed by atoms with Crippen molar-refractivity contribution in [3.05, 3.63) is 42.0 Å². The number of hydrogen-bond acceptors (Lipinski definition) is 3. The number of likely N-dealkylation sites (tertiary alicyclic amines) is 1. The molecular weight excluding hydrogens is 274 g/mol. The fraction of sp³-hybridized carbons (Fsp3) is 0.526. The van der Waals surface area contributed by atoms with Gasteiger partial charge < -0.3 is 4.74 Å². The Bertz CT molecular complexity index is 682. The van der Waals surface area contributed by atoms with E-state index in [1.54, 1.807) is 0 Å². The van der Waals surface area contributed by atoms with Crippen molar-refractivity contribution in [2.24, 2.45) is 5.92 Å². The molecule has 0 amide bonds. The molecule has 1 saturated carbocycles. The van der Waals surface area contributed by atoms with Crippen LogP contribution >= 0.6 is 0 Å². The molecule has 0 aromatic heterocycles. The number of piperidine rings is 1. The van der Waals surface area contributed by atoms with E-state index in [0.29, 0.717) is 24.2 Å². The molecule has 0 N–H and O–H groups in total. The number of hydrogen-bond donors (Lipinski definition) is 0. The van der Waals surface area contributed by atoms with E-state index in [1.165, 1.54) is 11.1 Å². The third-order valence-electron chi connectivity index (χ3n) is 6.49. The lowest BCUT2D eigenvalue weighted by Gasteiger charge is -2.57. The van der Waals surface area contributed by atoms with Gasteiger partial charge in [-0.05, 0) is 43.4 Å². The second-order valence-corrected chi connectivity index (χ2v) is 7.25. The van der Waals surface area contributed by atoms with Crippen molar-refractivity contribution in [2.45, 2.75) is 43.2 Å². The Morgan fingerprint density at radius 3 is 3.23 bits per heavy atom. The Balaban J connectivity index is 1.73. The second-order valence-electron chi connectivity index (χ2n) is 7.25. The summed E-state index contributed by atoms with van der Waals surface area (Å²) < 4.78 is 6.20. The summed E-state index contributed by atoms with van der Waals surface area (Å²) in [6.45, 7) is 5.92. The van der Waals surface area contributed by atoms with Crippen molar-refractivity contribution < 1.29 is 9.53 Å². The van der Waals surface area contributed by atoms with Gasteiger partial charge in [-0.25, -0.2) is 0 Å². The molecule has 22 heavy (non-hydrogen) atoms. The van der Waals surface area contributed by atoms with Crippen molar-refractivity contribution in [2.75, 3.05) is 13.1 Å². The first kappa shape index (κ1) is 12.9. The van der Waals surface area contributed by atoms with Crippen LogP contribution in [0.15, 0.2) is 30.9 Å². The minimum absolute atomic E-state index is 0.0398. The molecule has 3 heteroatoms. The molecule has 1 saturated heterocycles. The molecule has 4 aliphatic rings. The van der Waals surface area contributed by atoms with Gasteiger partial charge in [-0.1, -0.05) is 18.2 Å². The van der Waals surface area contributed by atoms with E-state index >= 15 is 0 Å². The summed E-state index contributed by atoms with van der Waals surface area (Å²) in [6, 6.07) is 6.92. The van der Waals surface area contributed by atoms with Crippen LogP contribution in [0.1, 0.15) is 30.4 Å². The number of nitrogens with zero attached hydrogens (tertiary/aromatic N) is 1. The van der Waals surface area contributed by atoms with E-state index in [4.69, 9.17) is 4.74 Å². The van der Waals surface area contributed by atoms with Crippen LogP contribution in [0.25, 0.3) is 0 Å². The maximum Gasteiger partial charge on any atom is 0.174 e. The number of Topliss-reactive ketones (excluding diaryl/α,β-unsaturated/α-hetero) is 1. The monoisotopic (exact) mass is 295 g/mol. The second kappa shape index (κ2) is 4.23. The molecule has 2 heterocycles. The van der Waals surface area contributed by atoms with E-state index in [-0.39, 0.29) is 11.5 Å². The smallest absolute Gasteiger partial charge is 0.174 e. The van der Waals surface area contributed by atoms with E-state index < -0.39 is 0 Å². The zero-order chi connectivity index (χ0) is 14.9. The topological polar surface area (TPSA) is 29.5 Å². The van der Waals surface area contributed by atoms with Crippen LogP contribution in [0, 0.1) is 5.92 Å². The Hall–Kier alpha value is -1.61. The molecule has 2 aliphatic carbocycles. The molecule has 1 aromatic carbocycles. The van der Waals surface area contributed by atoms with Gasteiger partial charge in [-0.3, -0.25) is 9.69 Å². The highest BCUT2D eigenvalue weighted by Gasteiger charge is 2.65. The zero-order valence-electron chi connectivity index (χ0n) is 12.8. The summed E-state index contributed by atoms with van der Waals surface area (Å²) in [4.78, 5) is 15.1. The van der Waals surface area contributed by atoms with Crippen LogP contribution in [0.3, 0.4) is 0 Å². The van der Waals surface area contributed by atoms with Crippen LogP contribution < -0.4 is 4.74 Å². The number of benzene rings is 1. The minimum Gasteiger partial charge on any atom is -0.481 e. The van der Waals surface area contributed by atoms with E-state index in [1.807, 2.05) is 6.08 Å². The lowest BCUT2D eigenvalue weighted by atomic mass is 9.51. The van der Waals surface area contributed by atoms with Gasteiger partial charge in [0.1, 0.15) is 5.75 Å². The molecule has 2 aliphatic heterocycles. The Labute approximate surface area is 130 Å². The molecule has 4 atom stereocenters. The average Bonchev–Trinajstić information content (AvgIpc) is 2.86. The van der Waals surface area contributed by atoms with Gasteiger partial charge in [0.15, 0.2) is 11.9 Å². The maximum atomic E-state index is 12.6. The first-order valence-corrected chi connectivity index (χ1v) is 8.42. The predicted molar refractivity (Wildman–Crippen MR) is 84.1 cm³/mol. The van der Waals surface area contributed by atoms with Gasteiger partial charge in [0.2, 0.25) is 0 Å². The number of carbonyl (C=O) groups is 1. The molecule has 0 radical (unpaired) electrons. The van der Waals surface area contributed by atoms with Crippen LogP contribution in [-0.4, -0.2) is 35.9 Å². The van der Waals surface area contributed by atoms with Gasteiger partial charge in [-0.15, -0.1) is 6.58 Å². The van der Waals surface area contributed by atoms with Crippen LogP contribution in [0.2, 0.25) is 0 Å². The van der Waals surface area contributed by atoms with Crippen LogP contribution in [-0.2, 0) is 16.6 Å². The number of rotatable bonds is 2. The molecule has 1 spiro atoms. The Morgan fingerprint density at radius 1 is 1.45 bits per heavy atom. The summed E-state index contributed by atoms with van der Waals surface area (Å²) in [6.07, 6.45) is 5.62. The highest BCUT2D eigenvalue weighted by molar-refractivity contribution is 5.88. The molecule has 1 unspecified atom stereocenters. The third kappa shape index (κ3) is 1.34. The standard InChI is InChI=1S/C19H21NO2/c1-2-9-20-10-8-19-13-6-7-15(21)18(19)22-16-5-3-4-12(17(16)19)11-14(13)20/h2-5,13-14,18H,1,6-11H2/t13-,14+,18?,19-/m0/s1. The van der Waals surface area contributed by atoms with Crippen LogP contribution in [0.4, 0.5) is 0 Å². The van der Waals surface area contributed by atoms with Gasteiger partial charge in [-0.2, -0.15) is 0 Å². The lowest BCUT2D eigenvalue weighted by molar-refractivity contribution is -0.138. The molecule has 2 bridgehead atoms. The van der Waals surface area contributed by atoms with Gasteiger partial charge >= 0.3 is 0 Å². The van der Waals surface area contributed by atoms with E-state index in [2.05, 4.69) is 29.7 Å². The summed E-state index contributed by atoms with van der Waals surface area (Å²) in [5, 5.41) is 0. The lowest BCUT2D eigenvalue weighted by Crippen LogP contribution is -2.66. The van der Waals surface area contributed by atoms with Gasteiger partial charge in [0.05, 0.1) is 0 Å². The van der Waals surface area contributed by atoms with Crippen molar-refractivity contribution >= 4 is 5.78 Å². The molecule has 3 nitrogen and oxygen atoms in total. The van der Waals surface area contributed by atoms with Crippen molar-refractivity contribution in [3.63, 3.8) is 0 Å². The summed E-state index contributed by atoms with van der Waals surface area (Å²) in [7, 11) is 0. The summed E-state index contributed by atoms with van der Waals surface area (Å²) in [5.74, 6) is 1.86. The molecular formula is C19H21NO2. The highest BCUT2D eigenvalue weighted by atomic mass is 16.5. The predicted octanol–water partition coefficient (Wildman–Crippen LogP) is 2.48. The fourth-order valence-corrected chi connectivity index (χ4v) is 5.77. The van der Waals surface area contributed by atoms with E-state index in [9.17, 15) is 4.79 Å². The van der Waals surface area contributed by atoms with Gasteiger partial charge in [0, 0.05) is 30.0 Å². The Kier molecular flexibility index (Phi) is 2.48. The quantitative estimate of drug-likeness (QED) is 0.785. The molecule has 2 fully saturated rings. The molecule has 1 aromatic rings. The van der Waals surface area contributed by atoms with Crippen molar-refractivity contribution in [1.29, 1.82) is 0 Å². The van der Waals surface area contributed by atoms with Gasteiger partial charge in [0.25, 0.3) is 0 Å². The normalized spacial score (nSPS) is 38.4. The number of ether oxygens (including phenoxy) is 1. The number of carbonyl (C=O) groups excluding carboxylic acids is 1. The summed E-state index contributed by atoms with van der Waals surface area (Å²) >= 11 is 0. The highest BCUT2D eigenvalue weighted by Crippen LogP contribution is 2.61. The van der Waals surface area contributed by atoms with Crippen molar-refractivity contribution in [1.82, 2.24) is 4.90 Å². The zero-order valence-corrected chi connectivity index (χ0v) is 12.8. The first-order valence-electron chi connectivity index (χ1n) is 8.42. The molecule has 5 rings (SSSR count). The SMILES string of the molecule is C=CCN1CC[C@]23c4c5cccc4OC2C(=O)CC[C@H]3[C@H]1C5. The fourth-order valence-electron chi connectivity index (χ4n) is 5.77. The largest absolute Gasteiger partial charge is 0.481 e. The summed E-state index contributed by atoms with van der Waals surface area (Å²) in [5.41, 5.74) is 2.75. The van der Waals surface area contributed by atoms with E-state index in [0.717, 1.165) is 38.1 Å². The molecule has 114 valence electrons. The van der Waals surface area contributed by atoms with Crippen LogP contribution in [0.5, 0.6) is 5.75 Å². The first-order chi connectivity index (χ1) is 10.8. The third-order valence-corrected chi connectivity index (χ3v) is 6.49. The minimum atomic E-state index is -0.226.